The number of aromatic nitrogens is 3. The molecule has 98 valence electrons. The SMILES string of the molecule is CNc1nc(C)c([N+](=O)[O-])c(Sc2ccncc2)n1. The highest BCUT2D eigenvalue weighted by atomic mass is 32.2. The lowest BCUT2D eigenvalue weighted by atomic mass is 10.4. The Morgan fingerprint density at radius 2 is 2.00 bits per heavy atom. The summed E-state index contributed by atoms with van der Waals surface area (Å²) < 4.78 is 0. The van der Waals surface area contributed by atoms with Crippen molar-refractivity contribution >= 4 is 23.4 Å². The number of hydrogen-bond acceptors (Lipinski definition) is 7. The Morgan fingerprint density at radius 3 is 2.58 bits per heavy atom. The summed E-state index contributed by atoms with van der Waals surface area (Å²) in [5, 5.41) is 14.2. The molecule has 0 bridgehead atoms. The van der Waals surface area contributed by atoms with E-state index in [-0.39, 0.29) is 5.69 Å². The van der Waals surface area contributed by atoms with Crippen molar-refractivity contribution in [2.75, 3.05) is 12.4 Å². The Labute approximate surface area is 113 Å². The third kappa shape index (κ3) is 2.97. The average molecular weight is 277 g/mol. The quantitative estimate of drug-likeness (QED) is 0.520. The van der Waals surface area contributed by atoms with Gasteiger partial charge in [-0.05, 0) is 19.1 Å². The summed E-state index contributed by atoms with van der Waals surface area (Å²) in [6.07, 6.45) is 3.25. The van der Waals surface area contributed by atoms with Crippen LogP contribution in [-0.4, -0.2) is 26.9 Å². The molecule has 2 aromatic heterocycles. The van der Waals surface area contributed by atoms with Gasteiger partial charge in [0.1, 0.15) is 5.69 Å². The molecule has 2 heterocycles. The van der Waals surface area contributed by atoms with E-state index in [1.165, 1.54) is 11.8 Å². The lowest BCUT2D eigenvalue weighted by Gasteiger charge is -2.06. The maximum Gasteiger partial charge on any atom is 0.322 e. The van der Waals surface area contributed by atoms with Crippen molar-refractivity contribution in [1.29, 1.82) is 0 Å². The van der Waals surface area contributed by atoms with Crippen LogP contribution in [0.5, 0.6) is 0 Å². The highest BCUT2D eigenvalue weighted by molar-refractivity contribution is 7.99. The molecule has 0 atom stereocenters. The maximum absolute atomic E-state index is 11.1. The van der Waals surface area contributed by atoms with Gasteiger partial charge < -0.3 is 5.32 Å². The molecule has 0 saturated carbocycles. The van der Waals surface area contributed by atoms with Gasteiger partial charge in [-0.1, -0.05) is 11.8 Å². The zero-order valence-electron chi connectivity index (χ0n) is 10.3. The Kier molecular flexibility index (Phi) is 3.91. The number of rotatable bonds is 4. The second kappa shape index (κ2) is 5.61. The zero-order chi connectivity index (χ0) is 13.8. The molecule has 0 fully saturated rings. The molecule has 0 aromatic carbocycles. The molecule has 7 nitrogen and oxygen atoms in total. The molecule has 8 heteroatoms. The van der Waals surface area contributed by atoms with Crippen LogP contribution < -0.4 is 5.32 Å². The predicted octanol–water partition coefficient (Wildman–Crippen LogP) is 2.28. The van der Waals surface area contributed by atoms with E-state index >= 15 is 0 Å². The Balaban J connectivity index is 2.48. The van der Waals surface area contributed by atoms with Crippen LogP contribution in [0.2, 0.25) is 0 Å². The fourth-order valence-corrected chi connectivity index (χ4v) is 2.38. The monoisotopic (exact) mass is 277 g/mol. The number of hydrogen-bond donors (Lipinski definition) is 1. The molecule has 2 aromatic rings. The van der Waals surface area contributed by atoms with Crippen molar-refractivity contribution in [2.24, 2.45) is 0 Å². The van der Waals surface area contributed by atoms with E-state index in [9.17, 15) is 10.1 Å². The number of nitrogens with zero attached hydrogens (tertiary/aromatic N) is 4. The average Bonchev–Trinajstić information content (AvgIpc) is 2.38. The molecule has 0 amide bonds. The second-order valence-corrected chi connectivity index (χ2v) is 4.64. The Bertz CT molecular complexity index is 606. The minimum atomic E-state index is -0.460. The highest BCUT2D eigenvalue weighted by Gasteiger charge is 2.22. The minimum absolute atomic E-state index is 0.0687. The fourth-order valence-electron chi connectivity index (χ4n) is 1.45. The van der Waals surface area contributed by atoms with Crippen LogP contribution in [0.4, 0.5) is 11.6 Å². The van der Waals surface area contributed by atoms with Gasteiger partial charge in [0.25, 0.3) is 0 Å². The molecule has 0 aliphatic rings. The zero-order valence-corrected chi connectivity index (χ0v) is 11.1. The molecular weight excluding hydrogens is 266 g/mol. The molecule has 0 saturated heterocycles. The first-order valence-corrected chi connectivity index (χ1v) is 6.22. The molecule has 2 rings (SSSR count). The summed E-state index contributed by atoms with van der Waals surface area (Å²) >= 11 is 1.21. The van der Waals surface area contributed by atoms with Crippen molar-refractivity contribution in [3.8, 4) is 0 Å². The summed E-state index contributed by atoms with van der Waals surface area (Å²) in [6, 6.07) is 3.54. The molecule has 0 spiro atoms. The molecule has 0 unspecified atom stereocenters. The van der Waals surface area contributed by atoms with E-state index in [2.05, 4.69) is 20.3 Å². The van der Waals surface area contributed by atoms with Gasteiger partial charge in [-0.15, -0.1) is 0 Å². The van der Waals surface area contributed by atoms with Crippen LogP contribution in [0.15, 0.2) is 34.4 Å². The van der Waals surface area contributed by atoms with Crippen molar-refractivity contribution in [1.82, 2.24) is 15.0 Å². The van der Waals surface area contributed by atoms with Crippen LogP contribution in [-0.2, 0) is 0 Å². The fraction of sp³-hybridized carbons (Fsp3) is 0.182. The van der Waals surface area contributed by atoms with Crippen LogP contribution in [0.25, 0.3) is 0 Å². The normalized spacial score (nSPS) is 10.2. The van der Waals surface area contributed by atoms with Gasteiger partial charge in [-0.3, -0.25) is 15.1 Å². The summed E-state index contributed by atoms with van der Waals surface area (Å²) in [7, 11) is 1.67. The number of anilines is 1. The second-order valence-electron chi connectivity index (χ2n) is 3.58. The van der Waals surface area contributed by atoms with Crippen LogP contribution in [0.3, 0.4) is 0 Å². The van der Waals surface area contributed by atoms with E-state index in [1.54, 1.807) is 38.5 Å². The van der Waals surface area contributed by atoms with Gasteiger partial charge in [-0.2, -0.15) is 4.98 Å². The third-order valence-electron chi connectivity index (χ3n) is 2.30. The van der Waals surface area contributed by atoms with E-state index < -0.39 is 4.92 Å². The predicted molar refractivity (Wildman–Crippen MR) is 71.3 cm³/mol. The standard InChI is InChI=1S/C11H11N5O2S/c1-7-9(16(17)18)10(15-11(12-2)14-7)19-8-3-5-13-6-4-8/h3-6H,1-2H3,(H,12,14,15). The van der Waals surface area contributed by atoms with Gasteiger partial charge in [0.2, 0.25) is 5.95 Å². The molecule has 0 radical (unpaired) electrons. The first kappa shape index (κ1) is 13.2. The van der Waals surface area contributed by atoms with E-state index in [4.69, 9.17) is 0 Å². The highest BCUT2D eigenvalue weighted by Crippen LogP contribution is 2.34. The van der Waals surface area contributed by atoms with E-state index in [0.717, 1.165) is 4.90 Å². The van der Waals surface area contributed by atoms with Crippen molar-refractivity contribution in [3.05, 3.63) is 40.3 Å². The Hall–Kier alpha value is -2.22. The van der Waals surface area contributed by atoms with Gasteiger partial charge in [0, 0.05) is 24.3 Å². The first-order chi connectivity index (χ1) is 9.11. The van der Waals surface area contributed by atoms with Crippen molar-refractivity contribution in [2.45, 2.75) is 16.8 Å². The maximum atomic E-state index is 11.1. The van der Waals surface area contributed by atoms with Gasteiger partial charge in [-0.25, -0.2) is 4.98 Å². The van der Waals surface area contributed by atoms with Gasteiger partial charge >= 0.3 is 5.69 Å². The number of pyridine rings is 1. The summed E-state index contributed by atoms with van der Waals surface area (Å²) in [4.78, 5) is 23.6. The smallest absolute Gasteiger partial charge is 0.322 e. The summed E-state index contributed by atoms with van der Waals surface area (Å²) in [5.74, 6) is 0.361. The number of nitro groups is 1. The first-order valence-electron chi connectivity index (χ1n) is 5.40. The number of nitrogens with one attached hydrogen (secondary N) is 1. The largest absolute Gasteiger partial charge is 0.357 e. The summed E-state index contributed by atoms with van der Waals surface area (Å²) in [6.45, 7) is 1.59. The van der Waals surface area contributed by atoms with Crippen LogP contribution >= 0.6 is 11.8 Å². The Morgan fingerprint density at radius 1 is 1.32 bits per heavy atom. The lowest BCUT2D eigenvalue weighted by molar-refractivity contribution is -0.389. The van der Waals surface area contributed by atoms with Gasteiger partial charge in [0.15, 0.2) is 5.03 Å². The molecule has 0 aliphatic heterocycles. The third-order valence-corrected chi connectivity index (χ3v) is 3.28. The van der Waals surface area contributed by atoms with E-state index in [1.807, 2.05) is 0 Å². The topological polar surface area (TPSA) is 93.8 Å². The minimum Gasteiger partial charge on any atom is -0.357 e. The van der Waals surface area contributed by atoms with Crippen LogP contribution in [0, 0.1) is 17.0 Å². The number of aryl methyl sites for hydroxylation is 1. The molecular formula is C11H11N5O2S. The van der Waals surface area contributed by atoms with Crippen molar-refractivity contribution < 1.29 is 4.92 Å². The molecule has 19 heavy (non-hydrogen) atoms. The van der Waals surface area contributed by atoms with Crippen molar-refractivity contribution in [3.63, 3.8) is 0 Å². The molecule has 1 N–H and O–H groups in total. The molecule has 0 aliphatic carbocycles. The van der Waals surface area contributed by atoms with Gasteiger partial charge in [0.05, 0.1) is 4.92 Å². The summed E-state index contributed by atoms with van der Waals surface area (Å²) in [5.41, 5.74) is 0.265. The van der Waals surface area contributed by atoms with E-state index in [0.29, 0.717) is 16.7 Å². The van der Waals surface area contributed by atoms with Crippen LogP contribution in [0.1, 0.15) is 5.69 Å². The lowest BCUT2D eigenvalue weighted by Crippen LogP contribution is -2.04.